The number of rotatable bonds is 2. The van der Waals surface area contributed by atoms with E-state index in [1.54, 1.807) is 30.5 Å². The lowest BCUT2D eigenvalue weighted by atomic mass is 10.1. The largest absolute Gasteiger partial charge is 0.506 e. The predicted octanol–water partition coefficient (Wildman–Crippen LogP) is 2.00. The number of ketones is 1. The Hall–Kier alpha value is -3.15. The van der Waals surface area contributed by atoms with E-state index in [1.165, 1.54) is 12.3 Å². The van der Waals surface area contributed by atoms with Crippen LogP contribution < -0.4 is 5.32 Å². The van der Waals surface area contributed by atoms with Crippen molar-refractivity contribution in [3.63, 3.8) is 0 Å². The van der Waals surface area contributed by atoms with Crippen molar-refractivity contribution < 1.29 is 9.90 Å². The number of carbonyl (C=O) groups excluding carboxylic acids is 1. The molecule has 0 bridgehead atoms. The molecule has 0 atom stereocenters. The third-order valence-electron chi connectivity index (χ3n) is 3.88. The van der Waals surface area contributed by atoms with Gasteiger partial charge < -0.3 is 15.3 Å². The molecule has 6 heteroatoms. The fourth-order valence-electron chi connectivity index (χ4n) is 2.80. The highest BCUT2D eigenvalue weighted by Gasteiger charge is 2.31. The number of aliphatic imine (C=N–C) groups is 1. The zero-order chi connectivity index (χ0) is 15.8. The SMILES string of the molecule is O=C(/C=C1\Nc2c(O)cccc2C2=NCCN21)c1cccnc1. The van der Waals surface area contributed by atoms with Gasteiger partial charge in [0.1, 0.15) is 17.4 Å². The summed E-state index contributed by atoms with van der Waals surface area (Å²) < 4.78 is 0. The van der Waals surface area contributed by atoms with Gasteiger partial charge in [-0.25, -0.2) is 0 Å². The molecule has 0 spiro atoms. The molecule has 0 radical (unpaired) electrons. The normalized spacial score (nSPS) is 17.3. The van der Waals surface area contributed by atoms with Crippen LogP contribution >= 0.6 is 0 Å². The third-order valence-corrected chi connectivity index (χ3v) is 3.88. The molecule has 0 fully saturated rings. The number of amidine groups is 1. The molecule has 2 N–H and O–H groups in total. The predicted molar refractivity (Wildman–Crippen MR) is 86.5 cm³/mol. The number of carbonyl (C=O) groups is 1. The van der Waals surface area contributed by atoms with E-state index >= 15 is 0 Å². The number of phenolic OH excluding ortho intramolecular Hbond substituents is 1. The molecule has 2 aromatic rings. The van der Waals surface area contributed by atoms with Crippen molar-refractivity contribution in [2.45, 2.75) is 0 Å². The Balaban J connectivity index is 1.76. The number of fused-ring (bicyclic) bond motifs is 3. The number of aromatic nitrogens is 1. The van der Waals surface area contributed by atoms with Crippen LogP contribution in [-0.4, -0.2) is 39.7 Å². The van der Waals surface area contributed by atoms with Crippen LogP contribution in [0.5, 0.6) is 5.75 Å². The van der Waals surface area contributed by atoms with Crippen molar-refractivity contribution in [3.8, 4) is 5.75 Å². The summed E-state index contributed by atoms with van der Waals surface area (Å²) in [5, 5.41) is 13.2. The molecule has 0 unspecified atom stereocenters. The van der Waals surface area contributed by atoms with E-state index in [4.69, 9.17) is 0 Å². The van der Waals surface area contributed by atoms with Crippen LogP contribution in [0.3, 0.4) is 0 Å². The Labute approximate surface area is 132 Å². The summed E-state index contributed by atoms with van der Waals surface area (Å²) in [7, 11) is 0. The van der Waals surface area contributed by atoms with Gasteiger partial charge in [-0.15, -0.1) is 0 Å². The van der Waals surface area contributed by atoms with Crippen molar-refractivity contribution in [1.29, 1.82) is 0 Å². The lowest BCUT2D eigenvalue weighted by Crippen LogP contribution is -2.36. The topological polar surface area (TPSA) is 77.8 Å². The second-order valence-corrected chi connectivity index (χ2v) is 5.32. The van der Waals surface area contributed by atoms with Crippen molar-refractivity contribution in [3.05, 3.63) is 65.7 Å². The molecular formula is C17H14N4O2. The minimum atomic E-state index is -0.147. The molecule has 0 saturated heterocycles. The second-order valence-electron chi connectivity index (χ2n) is 5.32. The first-order valence-electron chi connectivity index (χ1n) is 7.31. The molecular weight excluding hydrogens is 292 g/mol. The molecule has 23 heavy (non-hydrogen) atoms. The summed E-state index contributed by atoms with van der Waals surface area (Å²) in [5.74, 6) is 1.38. The number of allylic oxidation sites excluding steroid dienone is 1. The van der Waals surface area contributed by atoms with Crippen molar-refractivity contribution in [2.75, 3.05) is 18.4 Å². The number of benzene rings is 1. The molecule has 2 aliphatic heterocycles. The molecule has 1 aromatic heterocycles. The number of nitrogens with one attached hydrogen (secondary N) is 1. The van der Waals surface area contributed by atoms with Crippen molar-refractivity contribution in [2.24, 2.45) is 4.99 Å². The summed E-state index contributed by atoms with van der Waals surface area (Å²) in [5.41, 5.74) is 1.94. The van der Waals surface area contributed by atoms with Crippen LogP contribution in [0.25, 0.3) is 0 Å². The van der Waals surface area contributed by atoms with Gasteiger partial charge in [0.05, 0.1) is 12.2 Å². The first-order valence-corrected chi connectivity index (χ1v) is 7.31. The van der Waals surface area contributed by atoms with Gasteiger partial charge in [-0.2, -0.15) is 0 Å². The van der Waals surface area contributed by atoms with Crippen LogP contribution in [-0.2, 0) is 0 Å². The van der Waals surface area contributed by atoms with E-state index in [9.17, 15) is 9.90 Å². The standard InChI is InChI=1S/C17H14N4O2/c22-13-5-1-4-12-16(13)20-15(21-8-7-19-17(12)21)9-14(23)11-3-2-6-18-10-11/h1-6,9-10,20,22H,7-8H2/b15-9+. The highest BCUT2D eigenvalue weighted by Crippen LogP contribution is 2.36. The third kappa shape index (κ3) is 2.24. The number of para-hydroxylation sites is 1. The molecule has 0 saturated carbocycles. The zero-order valence-electron chi connectivity index (χ0n) is 12.2. The monoisotopic (exact) mass is 306 g/mol. The molecule has 0 aliphatic carbocycles. The van der Waals surface area contributed by atoms with Gasteiger partial charge in [0.25, 0.3) is 0 Å². The summed E-state index contributed by atoms with van der Waals surface area (Å²) in [4.78, 5) is 22.8. The van der Waals surface area contributed by atoms with Crippen LogP contribution in [0.15, 0.2) is 59.6 Å². The first kappa shape index (κ1) is 13.5. The minimum Gasteiger partial charge on any atom is -0.506 e. The van der Waals surface area contributed by atoms with Gasteiger partial charge in [-0.05, 0) is 24.3 Å². The molecule has 1 aromatic carbocycles. The maximum atomic E-state index is 12.4. The Bertz CT molecular complexity index is 843. The van der Waals surface area contributed by atoms with E-state index in [1.807, 2.05) is 11.0 Å². The summed E-state index contributed by atoms with van der Waals surface area (Å²) in [6.45, 7) is 1.36. The second kappa shape index (κ2) is 5.24. The van der Waals surface area contributed by atoms with Gasteiger partial charge in [0.15, 0.2) is 5.78 Å². The Morgan fingerprint density at radius 2 is 2.22 bits per heavy atom. The summed E-state index contributed by atoms with van der Waals surface area (Å²) in [6, 6.07) is 8.74. The molecule has 2 aliphatic rings. The molecule has 114 valence electrons. The van der Waals surface area contributed by atoms with Gasteiger partial charge in [0, 0.05) is 36.1 Å². The Morgan fingerprint density at radius 3 is 3.04 bits per heavy atom. The highest BCUT2D eigenvalue weighted by atomic mass is 16.3. The fraction of sp³-hybridized carbons (Fsp3) is 0.118. The average molecular weight is 306 g/mol. The number of nitrogens with zero attached hydrogens (tertiary/aromatic N) is 3. The van der Waals surface area contributed by atoms with E-state index in [0.717, 1.165) is 11.4 Å². The van der Waals surface area contributed by atoms with Gasteiger partial charge in [-0.1, -0.05) is 6.07 Å². The Kier molecular flexibility index (Phi) is 3.08. The van der Waals surface area contributed by atoms with Crippen LogP contribution in [0.1, 0.15) is 15.9 Å². The van der Waals surface area contributed by atoms with Gasteiger partial charge in [0.2, 0.25) is 0 Å². The van der Waals surface area contributed by atoms with Crippen LogP contribution in [0.4, 0.5) is 5.69 Å². The van der Waals surface area contributed by atoms with Gasteiger partial charge in [-0.3, -0.25) is 14.8 Å². The maximum absolute atomic E-state index is 12.4. The molecule has 3 heterocycles. The smallest absolute Gasteiger partial charge is 0.191 e. The lowest BCUT2D eigenvalue weighted by Gasteiger charge is -2.31. The van der Waals surface area contributed by atoms with Crippen molar-refractivity contribution >= 4 is 17.3 Å². The van der Waals surface area contributed by atoms with E-state index in [-0.39, 0.29) is 11.5 Å². The number of anilines is 1. The minimum absolute atomic E-state index is 0.136. The lowest BCUT2D eigenvalue weighted by molar-refractivity contribution is 0.104. The first-order chi connectivity index (χ1) is 11.2. The quantitative estimate of drug-likeness (QED) is 0.504. The summed E-state index contributed by atoms with van der Waals surface area (Å²) >= 11 is 0. The number of hydrogen-bond acceptors (Lipinski definition) is 6. The van der Waals surface area contributed by atoms with E-state index in [2.05, 4.69) is 15.3 Å². The van der Waals surface area contributed by atoms with E-state index < -0.39 is 0 Å². The summed E-state index contributed by atoms with van der Waals surface area (Å²) in [6.07, 6.45) is 4.68. The van der Waals surface area contributed by atoms with E-state index in [0.29, 0.717) is 30.2 Å². The maximum Gasteiger partial charge on any atom is 0.191 e. The molecule has 0 amide bonds. The number of pyridine rings is 1. The highest BCUT2D eigenvalue weighted by molar-refractivity contribution is 6.11. The van der Waals surface area contributed by atoms with Crippen molar-refractivity contribution in [1.82, 2.24) is 9.88 Å². The number of aromatic hydroxyl groups is 1. The fourth-order valence-corrected chi connectivity index (χ4v) is 2.80. The average Bonchev–Trinajstić information content (AvgIpc) is 3.07. The van der Waals surface area contributed by atoms with Crippen LogP contribution in [0, 0.1) is 0 Å². The Morgan fingerprint density at radius 1 is 1.30 bits per heavy atom. The number of phenols is 1. The molecule has 4 rings (SSSR count). The number of hydrogen-bond donors (Lipinski definition) is 2. The molecule has 6 nitrogen and oxygen atoms in total. The van der Waals surface area contributed by atoms with Gasteiger partial charge >= 0.3 is 0 Å². The van der Waals surface area contributed by atoms with Crippen LogP contribution in [0.2, 0.25) is 0 Å². The zero-order valence-corrected chi connectivity index (χ0v) is 12.2.